The lowest BCUT2D eigenvalue weighted by molar-refractivity contribution is 0.415. The van der Waals surface area contributed by atoms with E-state index in [9.17, 15) is 0 Å². The van der Waals surface area contributed by atoms with Gasteiger partial charge in [0.2, 0.25) is 0 Å². The fourth-order valence-electron chi connectivity index (χ4n) is 1.62. The Kier molecular flexibility index (Phi) is 6.23. The van der Waals surface area contributed by atoms with Gasteiger partial charge < -0.3 is 10.1 Å². The smallest absolute Gasteiger partial charge is 0.137 e. The van der Waals surface area contributed by atoms with E-state index >= 15 is 0 Å². The SMILES string of the molecule is CCC(=Cc1ccc(OC)c(Cl)c1)CNC(C)C. The highest BCUT2D eigenvalue weighted by Gasteiger charge is 2.02. The largest absolute Gasteiger partial charge is 0.495 e. The fraction of sp³-hybridized carbons (Fsp3) is 0.467. The first-order valence-electron chi connectivity index (χ1n) is 6.33. The Hall–Kier alpha value is -0.990. The number of rotatable bonds is 6. The van der Waals surface area contributed by atoms with E-state index in [1.165, 1.54) is 5.57 Å². The van der Waals surface area contributed by atoms with Crippen LogP contribution < -0.4 is 10.1 Å². The minimum Gasteiger partial charge on any atom is -0.495 e. The van der Waals surface area contributed by atoms with E-state index in [1.807, 2.05) is 18.2 Å². The molecule has 1 rings (SSSR count). The second-order valence-electron chi connectivity index (χ2n) is 4.59. The Morgan fingerprint density at radius 1 is 1.44 bits per heavy atom. The van der Waals surface area contributed by atoms with E-state index in [2.05, 4.69) is 32.2 Å². The fourth-order valence-corrected chi connectivity index (χ4v) is 1.89. The highest BCUT2D eigenvalue weighted by atomic mass is 35.5. The molecule has 0 heterocycles. The third kappa shape index (κ3) is 4.71. The lowest BCUT2D eigenvalue weighted by Crippen LogP contribution is -2.24. The maximum Gasteiger partial charge on any atom is 0.137 e. The van der Waals surface area contributed by atoms with Gasteiger partial charge in [0.25, 0.3) is 0 Å². The van der Waals surface area contributed by atoms with E-state index in [4.69, 9.17) is 16.3 Å². The topological polar surface area (TPSA) is 21.3 Å². The molecule has 100 valence electrons. The molecular formula is C15H22ClNO. The van der Waals surface area contributed by atoms with Crippen LogP contribution in [0.4, 0.5) is 0 Å². The molecule has 0 aliphatic heterocycles. The zero-order chi connectivity index (χ0) is 13.5. The first-order valence-corrected chi connectivity index (χ1v) is 6.71. The van der Waals surface area contributed by atoms with E-state index in [-0.39, 0.29) is 0 Å². The van der Waals surface area contributed by atoms with Crippen LogP contribution in [0.3, 0.4) is 0 Å². The van der Waals surface area contributed by atoms with E-state index in [0.717, 1.165) is 18.5 Å². The zero-order valence-electron chi connectivity index (χ0n) is 11.6. The first-order chi connectivity index (χ1) is 8.56. The lowest BCUT2D eigenvalue weighted by atomic mass is 10.1. The molecule has 0 saturated heterocycles. The van der Waals surface area contributed by atoms with Gasteiger partial charge in [0, 0.05) is 12.6 Å². The number of nitrogens with one attached hydrogen (secondary N) is 1. The molecule has 0 saturated carbocycles. The van der Waals surface area contributed by atoms with Gasteiger partial charge in [-0.25, -0.2) is 0 Å². The van der Waals surface area contributed by atoms with E-state index in [1.54, 1.807) is 7.11 Å². The van der Waals surface area contributed by atoms with Gasteiger partial charge in [-0.15, -0.1) is 0 Å². The average molecular weight is 268 g/mol. The predicted octanol–water partition coefficient (Wildman–Crippen LogP) is 4.14. The Bertz CT molecular complexity index is 413. The third-order valence-corrected chi connectivity index (χ3v) is 3.03. The molecule has 0 amide bonds. The molecule has 0 radical (unpaired) electrons. The van der Waals surface area contributed by atoms with Crippen molar-refractivity contribution in [1.29, 1.82) is 0 Å². The summed E-state index contributed by atoms with van der Waals surface area (Å²) in [5, 5.41) is 4.08. The van der Waals surface area contributed by atoms with Crippen molar-refractivity contribution in [2.75, 3.05) is 13.7 Å². The summed E-state index contributed by atoms with van der Waals surface area (Å²) in [7, 11) is 1.63. The van der Waals surface area contributed by atoms with Crippen LogP contribution in [0.15, 0.2) is 23.8 Å². The molecule has 0 unspecified atom stereocenters. The minimum atomic E-state index is 0.499. The Balaban J connectivity index is 2.81. The number of hydrogen-bond acceptors (Lipinski definition) is 2. The second kappa shape index (κ2) is 7.45. The van der Waals surface area contributed by atoms with E-state index < -0.39 is 0 Å². The Morgan fingerprint density at radius 3 is 2.67 bits per heavy atom. The van der Waals surface area contributed by atoms with Crippen molar-refractivity contribution in [2.45, 2.75) is 33.2 Å². The van der Waals surface area contributed by atoms with Crippen molar-refractivity contribution >= 4 is 17.7 Å². The number of methoxy groups -OCH3 is 1. The predicted molar refractivity (Wildman–Crippen MR) is 79.4 cm³/mol. The van der Waals surface area contributed by atoms with Gasteiger partial charge in [-0.1, -0.05) is 50.1 Å². The highest BCUT2D eigenvalue weighted by molar-refractivity contribution is 6.32. The van der Waals surface area contributed by atoms with Gasteiger partial charge in [-0.2, -0.15) is 0 Å². The number of benzene rings is 1. The van der Waals surface area contributed by atoms with Crippen molar-refractivity contribution in [3.63, 3.8) is 0 Å². The summed E-state index contributed by atoms with van der Waals surface area (Å²) in [5.41, 5.74) is 2.48. The van der Waals surface area contributed by atoms with Gasteiger partial charge in [-0.05, 0) is 24.1 Å². The average Bonchev–Trinajstić information content (AvgIpc) is 2.34. The van der Waals surface area contributed by atoms with Crippen molar-refractivity contribution in [3.05, 3.63) is 34.4 Å². The standard InChI is InChI=1S/C15H22ClNO/c1-5-12(10-17-11(2)3)8-13-6-7-15(18-4)14(16)9-13/h6-9,11,17H,5,10H2,1-4H3. The first kappa shape index (κ1) is 15.1. The van der Waals surface area contributed by atoms with Gasteiger partial charge in [-0.3, -0.25) is 0 Å². The molecule has 0 aliphatic carbocycles. The van der Waals surface area contributed by atoms with Crippen LogP contribution in [0.1, 0.15) is 32.8 Å². The van der Waals surface area contributed by atoms with Gasteiger partial charge in [0.1, 0.15) is 5.75 Å². The van der Waals surface area contributed by atoms with Crippen LogP contribution in [-0.2, 0) is 0 Å². The summed E-state index contributed by atoms with van der Waals surface area (Å²) in [6, 6.07) is 6.36. The van der Waals surface area contributed by atoms with Crippen molar-refractivity contribution in [1.82, 2.24) is 5.32 Å². The molecule has 1 aromatic rings. The number of hydrogen-bond donors (Lipinski definition) is 1. The molecule has 0 atom stereocenters. The summed E-state index contributed by atoms with van der Waals surface area (Å²) < 4.78 is 5.15. The summed E-state index contributed by atoms with van der Waals surface area (Å²) in [5.74, 6) is 0.715. The summed E-state index contributed by atoms with van der Waals surface area (Å²) in [6.07, 6.45) is 3.21. The second-order valence-corrected chi connectivity index (χ2v) is 4.99. The molecular weight excluding hydrogens is 246 g/mol. The monoisotopic (exact) mass is 267 g/mol. The van der Waals surface area contributed by atoms with Gasteiger partial charge in [0.15, 0.2) is 0 Å². The van der Waals surface area contributed by atoms with Crippen molar-refractivity contribution in [2.24, 2.45) is 0 Å². The molecule has 1 N–H and O–H groups in total. The van der Waals surface area contributed by atoms with E-state index in [0.29, 0.717) is 16.8 Å². The molecule has 0 spiro atoms. The van der Waals surface area contributed by atoms with Crippen LogP contribution in [-0.4, -0.2) is 19.7 Å². The van der Waals surface area contributed by atoms with Crippen LogP contribution in [0.25, 0.3) is 6.08 Å². The third-order valence-electron chi connectivity index (χ3n) is 2.74. The van der Waals surface area contributed by atoms with Crippen LogP contribution in [0.5, 0.6) is 5.75 Å². The van der Waals surface area contributed by atoms with Crippen molar-refractivity contribution in [3.8, 4) is 5.75 Å². The minimum absolute atomic E-state index is 0.499. The summed E-state index contributed by atoms with van der Waals surface area (Å²) in [4.78, 5) is 0. The highest BCUT2D eigenvalue weighted by Crippen LogP contribution is 2.26. The lowest BCUT2D eigenvalue weighted by Gasteiger charge is -2.10. The molecule has 3 heteroatoms. The maximum atomic E-state index is 6.11. The molecule has 2 nitrogen and oxygen atoms in total. The van der Waals surface area contributed by atoms with Crippen LogP contribution >= 0.6 is 11.6 Å². The van der Waals surface area contributed by atoms with Crippen LogP contribution in [0, 0.1) is 0 Å². The van der Waals surface area contributed by atoms with Crippen LogP contribution in [0.2, 0.25) is 5.02 Å². The molecule has 0 aromatic heterocycles. The molecule has 0 fully saturated rings. The Labute approximate surface area is 115 Å². The quantitative estimate of drug-likeness (QED) is 0.836. The van der Waals surface area contributed by atoms with Crippen molar-refractivity contribution < 1.29 is 4.74 Å². The van der Waals surface area contributed by atoms with Gasteiger partial charge >= 0.3 is 0 Å². The number of halogens is 1. The molecule has 0 aliphatic rings. The molecule has 0 bridgehead atoms. The normalized spacial score (nSPS) is 12.0. The number of ether oxygens (including phenoxy) is 1. The Morgan fingerprint density at radius 2 is 2.17 bits per heavy atom. The molecule has 1 aromatic carbocycles. The summed E-state index contributed by atoms with van der Waals surface area (Å²) in [6.45, 7) is 7.38. The molecule has 18 heavy (non-hydrogen) atoms. The zero-order valence-corrected chi connectivity index (χ0v) is 12.3. The summed E-state index contributed by atoms with van der Waals surface area (Å²) >= 11 is 6.11. The maximum absolute atomic E-state index is 6.11. The van der Waals surface area contributed by atoms with Gasteiger partial charge in [0.05, 0.1) is 12.1 Å².